The van der Waals surface area contributed by atoms with E-state index in [1.165, 1.54) is 5.56 Å². The molecular formula is C21H23N3O4. The largest absolute Gasteiger partial charge is 0.493 e. The number of ether oxygens (including phenoxy) is 3. The van der Waals surface area contributed by atoms with Gasteiger partial charge in [0, 0.05) is 12.1 Å². The summed E-state index contributed by atoms with van der Waals surface area (Å²) in [6.07, 6.45) is 0. The van der Waals surface area contributed by atoms with Crippen LogP contribution in [0.15, 0.2) is 42.5 Å². The average Bonchev–Trinajstić information content (AvgIpc) is 3.22. The highest BCUT2D eigenvalue weighted by Gasteiger charge is 2.17. The Morgan fingerprint density at radius 3 is 2.21 bits per heavy atom. The van der Waals surface area contributed by atoms with Crippen molar-refractivity contribution in [3.05, 3.63) is 59.3 Å². The van der Waals surface area contributed by atoms with Crippen molar-refractivity contribution >= 4 is 5.91 Å². The number of rotatable bonds is 7. The Labute approximate surface area is 163 Å². The second-order valence-electron chi connectivity index (χ2n) is 6.25. The van der Waals surface area contributed by atoms with E-state index in [0.29, 0.717) is 35.2 Å². The van der Waals surface area contributed by atoms with Gasteiger partial charge in [0.05, 0.1) is 27.0 Å². The number of nitrogens with one attached hydrogen (secondary N) is 2. The topological polar surface area (TPSA) is 85.5 Å². The molecule has 0 saturated heterocycles. The number of carbonyl (C=O) groups excluding carboxylic acids is 1. The molecule has 0 aliphatic carbocycles. The Balaban J connectivity index is 1.77. The Hall–Kier alpha value is -3.48. The predicted octanol–water partition coefficient (Wildman–Crippen LogP) is 3.34. The number of amides is 1. The summed E-state index contributed by atoms with van der Waals surface area (Å²) in [6, 6.07) is 13.3. The van der Waals surface area contributed by atoms with Crippen molar-refractivity contribution in [2.24, 2.45) is 0 Å². The molecule has 0 unspecified atom stereocenters. The molecule has 28 heavy (non-hydrogen) atoms. The maximum Gasteiger partial charge on any atom is 0.269 e. The van der Waals surface area contributed by atoms with Crippen LogP contribution in [0.25, 0.3) is 11.3 Å². The molecule has 1 heterocycles. The minimum Gasteiger partial charge on any atom is -0.493 e. The van der Waals surface area contributed by atoms with E-state index in [9.17, 15) is 4.79 Å². The maximum atomic E-state index is 12.4. The molecular weight excluding hydrogens is 358 g/mol. The Morgan fingerprint density at radius 1 is 1.00 bits per heavy atom. The summed E-state index contributed by atoms with van der Waals surface area (Å²) in [5, 5.41) is 9.90. The summed E-state index contributed by atoms with van der Waals surface area (Å²) in [7, 11) is 4.65. The van der Waals surface area contributed by atoms with Gasteiger partial charge < -0.3 is 19.5 Å². The maximum absolute atomic E-state index is 12.4. The molecule has 2 aromatic carbocycles. The molecule has 3 rings (SSSR count). The van der Waals surface area contributed by atoms with Crippen LogP contribution in [0, 0.1) is 6.92 Å². The summed E-state index contributed by atoms with van der Waals surface area (Å²) in [6.45, 7) is 2.47. The summed E-state index contributed by atoms with van der Waals surface area (Å²) in [5.41, 5.74) is 3.92. The predicted molar refractivity (Wildman–Crippen MR) is 106 cm³/mol. The van der Waals surface area contributed by atoms with Gasteiger partial charge in [0.25, 0.3) is 5.91 Å². The third kappa shape index (κ3) is 4.09. The van der Waals surface area contributed by atoms with E-state index in [4.69, 9.17) is 14.2 Å². The number of nitrogens with zero attached hydrogens (tertiary/aromatic N) is 1. The molecule has 7 heteroatoms. The molecule has 1 aromatic heterocycles. The van der Waals surface area contributed by atoms with Crippen molar-refractivity contribution in [1.29, 1.82) is 0 Å². The highest BCUT2D eigenvalue weighted by Crippen LogP contribution is 2.40. The van der Waals surface area contributed by atoms with Crippen molar-refractivity contribution in [3.63, 3.8) is 0 Å². The zero-order valence-electron chi connectivity index (χ0n) is 16.3. The molecule has 0 aliphatic heterocycles. The van der Waals surface area contributed by atoms with Crippen molar-refractivity contribution in [2.75, 3.05) is 21.3 Å². The van der Waals surface area contributed by atoms with Crippen molar-refractivity contribution in [1.82, 2.24) is 15.5 Å². The van der Waals surface area contributed by atoms with Gasteiger partial charge in [-0.3, -0.25) is 9.89 Å². The van der Waals surface area contributed by atoms with Crippen molar-refractivity contribution in [2.45, 2.75) is 13.5 Å². The van der Waals surface area contributed by atoms with Crippen LogP contribution in [-0.2, 0) is 6.54 Å². The summed E-state index contributed by atoms with van der Waals surface area (Å²) >= 11 is 0. The molecule has 0 bridgehead atoms. The zero-order valence-corrected chi connectivity index (χ0v) is 16.3. The third-order valence-electron chi connectivity index (χ3n) is 4.36. The first kappa shape index (κ1) is 19.3. The van der Waals surface area contributed by atoms with Gasteiger partial charge in [0.2, 0.25) is 5.75 Å². The number of aryl methyl sites for hydroxylation is 1. The summed E-state index contributed by atoms with van der Waals surface area (Å²) < 4.78 is 16.1. The lowest BCUT2D eigenvalue weighted by Gasteiger charge is -2.13. The minimum atomic E-state index is -0.230. The van der Waals surface area contributed by atoms with E-state index in [1.54, 1.807) is 39.5 Å². The highest BCUT2D eigenvalue weighted by atomic mass is 16.5. The van der Waals surface area contributed by atoms with Crippen molar-refractivity contribution in [3.8, 4) is 28.5 Å². The lowest BCUT2D eigenvalue weighted by atomic mass is 10.1. The smallest absolute Gasteiger partial charge is 0.269 e. The average molecular weight is 381 g/mol. The van der Waals surface area contributed by atoms with Crippen LogP contribution >= 0.6 is 0 Å². The molecule has 0 spiro atoms. The summed E-state index contributed by atoms with van der Waals surface area (Å²) in [4.78, 5) is 12.4. The lowest BCUT2D eigenvalue weighted by Crippen LogP contribution is -2.23. The Bertz CT molecular complexity index is 939. The standard InChI is InChI=1S/C21H23N3O4/c1-13-5-7-14(8-6-13)12-22-21(25)17-11-16(23-24-17)15-9-18(26-2)20(28-4)19(10-15)27-3/h5-11H,12H2,1-4H3,(H,22,25)(H,23,24). The summed E-state index contributed by atoms with van der Waals surface area (Å²) in [5.74, 6) is 1.31. The van der Waals surface area contributed by atoms with Gasteiger partial charge in [-0.05, 0) is 30.7 Å². The minimum absolute atomic E-state index is 0.230. The number of H-pyrrole nitrogens is 1. The fraction of sp³-hybridized carbons (Fsp3) is 0.238. The molecule has 2 N–H and O–H groups in total. The normalized spacial score (nSPS) is 10.4. The van der Waals surface area contributed by atoms with Gasteiger partial charge in [-0.25, -0.2) is 0 Å². The van der Waals surface area contributed by atoms with Gasteiger partial charge in [-0.15, -0.1) is 0 Å². The molecule has 146 valence electrons. The van der Waals surface area contributed by atoms with E-state index in [1.807, 2.05) is 31.2 Å². The second-order valence-corrected chi connectivity index (χ2v) is 6.25. The van der Waals surface area contributed by atoms with E-state index in [0.717, 1.165) is 11.1 Å². The van der Waals surface area contributed by atoms with Gasteiger partial charge in [0.1, 0.15) is 5.69 Å². The van der Waals surface area contributed by atoms with Crippen molar-refractivity contribution < 1.29 is 19.0 Å². The number of hydrogen-bond acceptors (Lipinski definition) is 5. The molecule has 0 radical (unpaired) electrons. The van der Waals surface area contributed by atoms with E-state index in [2.05, 4.69) is 15.5 Å². The van der Waals surface area contributed by atoms with E-state index in [-0.39, 0.29) is 5.91 Å². The number of aromatic amines is 1. The van der Waals surface area contributed by atoms with Gasteiger partial charge in [-0.2, -0.15) is 5.10 Å². The molecule has 0 fully saturated rings. The number of benzene rings is 2. The molecule has 1 amide bonds. The van der Waals surface area contributed by atoms with E-state index >= 15 is 0 Å². The number of methoxy groups -OCH3 is 3. The van der Waals surface area contributed by atoms with Gasteiger partial charge in [0.15, 0.2) is 11.5 Å². The number of aromatic nitrogens is 2. The van der Waals surface area contributed by atoms with Crippen LogP contribution in [0.5, 0.6) is 17.2 Å². The van der Waals surface area contributed by atoms with Crippen LogP contribution < -0.4 is 19.5 Å². The van der Waals surface area contributed by atoms with Crippen LogP contribution in [0.4, 0.5) is 0 Å². The number of hydrogen-bond donors (Lipinski definition) is 2. The molecule has 0 atom stereocenters. The Kier molecular flexibility index (Phi) is 5.84. The SMILES string of the molecule is COc1cc(-c2cc(C(=O)NCc3ccc(C)cc3)[nH]n2)cc(OC)c1OC. The van der Waals surface area contributed by atoms with E-state index < -0.39 is 0 Å². The zero-order chi connectivity index (χ0) is 20.1. The second kappa shape index (κ2) is 8.47. The molecule has 7 nitrogen and oxygen atoms in total. The van der Waals surface area contributed by atoms with Crippen LogP contribution in [0.2, 0.25) is 0 Å². The Morgan fingerprint density at radius 2 is 1.64 bits per heavy atom. The van der Waals surface area contributed by atoms with Crippen LogP contribution in [0.1, 0.15) is 21.6 Å². The highest BCUT2D eigenvalue weighted by molar-refractivity contribution is 5.93. The molecule has 3 aromatic rings. The molecule has 0 saturated carbocycles. The number of carbonyl (C=O) groups is 1. The van der Waals surface area contributed by atoms with Gasteiger partial charge in [-0.1, -0.05) is 29.8 Å². The monoisotopic (exact) mass is 381 g/mol. The first-order chi connectivity index (χ1) is 13.5. The van der Waals surface area contributed by atoms with Crippen LogP contribution in [0.3, 0.4) is 0 Å². The third-order valence-corrected chi connectivity index (χ3v) is 4.36. The lowest BCUT2D eigenvalue weighted by molar-refractivity contribution is 0.0946. The molecule has 0 aliphatic rings. The quantitative estimate of drug-likeness (QED) is 0.656. The fourth-order valence-corrected chi connectivity index (χ4v) is 2.80. The first-order valence-electron chi connectivity index (χ1n) is 8.75. The van der Waals surface area contributed by atoms with Crippen LogP contribution in [-0.4, -0.2) is 37.4 Å². The fourth-order valence-electron chi connectivity index (χ4n) is 2.80. The van der Waals surface area contributed by atoms with Gasteiger partial charge >= 0.3 is 0 Å². The first-order valence-corrected chi connectivity index (χ1v) is 8.75.